The van der Waals surface area contributed by atoms with Gasteiger partial charge in [0.2, 0.25) is 0 Å². The molecule has 0 aromatic carbocycles. The van der Waals surface area contributed by atoms with E-state index in [0.29, 0.717) is 19.4 Å². The fraction of sp³-hybridized carbons (Fsp3) is 1.00. The van der Waals surface area contributed by atoms with E-state index in [9.17, 15) is 13.2 Å². The van der Waals surface area contributed by atoms with E-state index in [0.717, 1.165) is 6.42 Å². The Morgan fingerprint density at radius 2 is 1.94 bits per heavy atom. The molecular weight excluding hydrogens is 219 g/mol. The Balaban J connectivity index is 2.47. The van der Waals surface area contributed by atoms with Gasteiger partial charge in [-0.05, 0) is 18.8 Å². The zero-order chi connectivity index (χ0) is 12.2. The van der Waals surface area contributed by atoms with Crippen molar-refractivity contribution in [1.82, 2.24) is 5.32 Å². The van der Waals surface area contributed by atoms with Crippen molar-refractivity contribution in [1.29, 1.82) is 0 Å². The summed E-state index contributed by atoms with van der Waals surface area (Å²) in [4.78, 5) is 0. The van der Waals surface area contributed by atoms with E-state index in [1.165, 1.54) is 0 Å². The van der Waals surface area contributed by atoms with Crippen LogP contribution in [0, 0.1) is 11.8 Å². The van der Waals surface area contributed by atoms with E-state index in [-0.39, 0.29) is 18.9 Å². The van der Waals surface area contributed by atoms with E-state index in [1.54, 1.807) is 0 Å². The van der Waals surface area contributed by atoms with Crippen molar-refractivity contribution in [2.24, 2.45) is 11.8 Å². The van der Waals surface area contributed by atoms with Gasteiger partial charge in [-0.1, -0.05) is 19.8 Å². The van der Waals surface area contributed by atoms with Crippen molar-refractivity contribution in [2.45, 2.75) is 44.8 Å². The maximum atomic E-state index is 12.7. The average Bonchev–Trinajstić information content (AvgIpc) is 2.25. The Hall–Kier alpha value is -0.290. The van der Waals surface area contributed by atoms with Gasteiger partial charge in [-0.2, -0.15) is 13.2 Å². The molecule has 1 rings (SSSR count). The van der Waals surface area contributed by atoms with Gasteiger partial charge in [-0.3, -0.25) is 0 Å². The van der Waals surface area contributed by atoms with Gasteiger partial charge in [0.05, 0.1) is 5.92 Å². The Kier molecular flexibility index (Phi) is 5.05. The van der Waals surface area contributed by atoms with Gasteiger partial charge >= 0.3 is 6.18 Å². The zero-order valence-electron chi connectivity index (χ0n) is 9.56. The lowest BCUT2D eigenvalue weighted by molar-refractivity contribution is -0.189. The summed E-state index contributed by atoms with van der Waals surface area (Å²) in [5.74, 6) is -1.21. The third kappa shape index (κ3) is 3.94. The molecule has 1 aliphatic carbocycles. The Bertz CT molecular complexity index is 208. The van der Waals surface area contributed by atoms with E-state index in [1.807, 2.05) is 6.92 Å². The molecule has 3 atom stereocenters. The Labute approximate surface area is 94.2 Å². The van der Waals surface area contributed by atoms with Crippen molar-refractivity contribution in [2.75, 3.05) is 13.2 Å². The average molecular weight is 239 g/mol. The van der Waals surface area contributed by atoms with Crippen molar-refractivity contribution in [3.63, 3.8) is 0 Å². The van der Waals surface area contributed by atoms with Crippen molar-refractivity contribution < 1.29 is 18.3 Å². The lowest BCUT2D eigenvalue weighted by Crippen LogP contribution is -2.46. The first-order valence-electron chi connectivity index (χ1n) is 5.86. The topological polar surface area (TPSA) is 32.3 Å². The highest BCUT2D eigenvalue weighted by atomic mass is 19.4. The molecule has 16 heavy (non-hydrogen) atoms. The van der Waals surface area contributed by atoms with Gasteiger partial charge in [0.1, 0.15) is 0 Å². The van der Waals surface area contributed by atoms with E-state index in [2.05, 4.69) is 5.32 Å². The van der Waals surface area contributed by atoms with Crippen LogP contribution in [0.3, 0.4) is 0 Å². The minimum absolute atomic E-state index is 0.0100. The Morgan fingerprint density at radius 1 is 1.31 bits per heavy atom. The molecule has 0 aromatic heterocycles. The van der Waals surface area contributed by atoms with Crippen molar-refractivity contribution in [3.8, 4) is 0 Å². The first-order valence-corrected chi connectivity index (χ1v) is 5.86. The van der Waals surface area contributed by atoms with Crippen LogP contribution in [0.2, 0.25) is 0 Å². The third-order valence-electron chi connectivity index (χ3n) is 3.23. The fourth-order valence-electron chi connectivity index (χ4n) is 2.18. The second-order valence-electron chi connectivity index (χ2n) is 4.74. The largest absolute Gasteiger partial charge is 0.396 e. The first kappa shape index (κ1) is 13.8. The van der Waals surface area contributed by atoms with E-state index < -0.39 is 18.1 Å². The monoisotopic (exact) mass is 239 g/mol. The van der Waals surface area contributed by atoms with Crippen LogP contribution in [-0.2, 0) is 0 Å². The minimum atomic E-state index is -4.10. The normalized spacial score (nSPS) is 29.1. The summed E-state index contributed by atoms with van der Waals surface area (Å²) in [5, 5.41) is 11.8. The van der Waals surface area contributed by atoms with Crippen LogP contribution in [0.25, 0.3) is 0 Å². The van der Waals surface area contributed by atoms with E-state index >= 15 is 0 Å². The summed E-state index contributed by atoms with van der Waals surface area (Å²) >= 11 is 0. The van der Waals surface area contributed by atoms with Gasteiger partial charge in [-0.15, -0.1) is 0 Å². The van der Waals surface area contributed by atoms with Crippen LogP contribution in [0.5, 0.6) is 0 Å². The van der Waals surface area contributed by atoms with Crippen LogP contribution in [0.1, 0.15) is 32.6 Å². The molecule has 0 aromatic rings. The zero-order valence-corrected chi connectivity index (χ0v) is 9.56. The van der Waals surface area contributed by atoms with Crippen LogP contribution in [0.4, 0.5) is 13.2 Å². The van der Waals surface area contributed by atoms with E-state index in [4.69, 9.17) is 5.11 Å². The van der Waals surface area contributed by atoms with Gasteiger partial charge < -0.3 is 10.4 Å². The molecule has 1 saturated carbocycles. The molecule has 0 aliphatic heterocycles. The molecule has 3 unspecified atom stereocenters. The molecule has 2 nitrogen and oxygen atoms in total. The van der Waals surface area contributed by atoms with Crippen LogP contribution in [-0.4, -0.2) is 30.5 Å². The standard InChI is InChI=1S/C11H20F3NO/c1-8(7-16)6-15-10-5-3-2-4-9(10)11(12,13)14/h8-10,15-16H,2-7H2,1H3. The lowest BCUT2D eigenvalue weighted by atomic mass is 9.84. The fourth-order valence-corrected chi connectivity index (χ4v) is 2.18. The molecule has 2 N–H and O–H groups in total. The molecule has 0 saturated heterocycles. The van der Waals surface area contributed by atoms with Crippen LogP contribution in [0.15, 0.2) is 0 Å². The maximum absolute atomic E-state index is 12.7. The Morgan fingerprint density at radius 3 is 2.50 bits per heavy atom. The lowest BCUT2D eigenvalue weighted by Gasteiger charge is -2.34. The quantitative estimate of drug-likeness (QED) is 0.789. The summed E-state index contributed by atoms with van der Waals surface area (Å²) in [7, 11) is 0. The molecule has 5 heteroatoms. The van der Waals surface area contributed by atoms with Gasteiger partial charge in [0.25, 0.3) is 0 Å². The summed E-state index contributed by atoms with van der Waals surface area (Å²) in [6.45, 7) is 2.28. The molecule has 0 amide bonds. The third-order valence-corrected chi connectivity index (χ3v) is 3.23. The molecule has 1 aliphatic rings. The maximum Gasteiger partial charge on any atom is 0.393 e. The summed E-state index contributed by atoms with van der Waals surface area (Å²) < 4.78 is 38.1. The molecule has 0 heterocycles. The number of hydrogen-bond acceptors (Lipinski definition) is 2. The van der Waals surface area contributed by atoms with Crippen LogP contribution >= 0.6 is 0 Å². The summed E-state index contributed by atoms with van der Waals surface area (Å²) in [6.07, 6.45) is -1.76. The number of alkyl halides is 3. The van der Waals surface area contributed by atoms with Crippen molar-refractivity contribution >= 4 is 0 Å². The predicted octanol–water partition coefficient (Wildman–Crippen LogP) is 2.33. The molecular formula is C11H20F3NO. The molecule has 1 fully saturated rings. The second-order valence-corrected chi connectivity index (χ2v) is 4.74. The number of halogens is 3. The first-order chi connectivity index (χ1) is 7.45. The van der Waals surface area contributed by atoms with Crippen molar-refractivity contribution in [3.05, 3.63) is 0 Å². The summed E-state index contributed by atoms with van der Waals surface area (Å²) in [5.41, 5.74) is 0. The molecule has 0 bridgehead atoms. The highest BCUT2D eigenvalue weighted by Crippen LogP contribution is 2.37. The predicted molar refractivity (Wildman–Crippen MR) is 56.1 cm³/mol. The minimum Gasteiger partial charge on any atom is -0.396 e. The van der Waals surface area contributed by atoms with Gasteiger partial charge in [0.15, 0.2) is 0 Å². The SMILES string of the molecule is CC(CO)CNC1CCCCC1C(F)(F)F. The highest BCUT2D eigenvalue weighted by molar-refractivity contribution is 4.85. The smallest absolute Gasteiger partial charge is 0.393 e. The van der Waals surface area contributed by atoms with Gasteiger partial charge in [-0.25, -0.2) is 0 Å². The van der Waals surface area contributed by atoms with Gasteiger partial charge in [0, 0.05) is 19.2 Å². The molecule has 0 spiro atoms. The number of aliphatic hydroxyl groups is 1. The molecule has 0 radical (unpaired) electrons. The highest BCUT2D eigenvalue weighted by Gasteiger charge is 2.45. The number of hydrogen-bond donors (Lipinski definition) is 2. The molecule has 96 valence electrons. The number of nitrogens with one attached hydrogen (secondary N) is 1. The summed E-state index contributed by atoms with van der Waals surface area (Å²) in [6, 6.07) is -0.470. The second kappa shape index (κ2) is 5.87. The van der Waals surface area contributed by atoms with Crippen LogP contribution < -0.4 is 5.32 Å². The number of rotatable bonds is 4. The number of aliphatic hydroxyl groups excluding tert-OH is 1.